The quantitative estimate of drug-likeness (QED) is 0.565. The topological polar surface area (TPSA) is 55.1 Å². The summed E-state index contributed by atoms with van der Waals surface area (Å²) in [5, 5.41) is 2.60. The first kappa shape index (κ1) is 14.0. The predicted molar refractivity (Wildman–Crippen MR) is 66.0 cm³/mol. The minimum atomic E-state index is -1.98. The minimum absolute atomic E-state index is 0.211. The monoisotopic (exact) mass is 240 g/mol. The van der Waals surface area contributed by atoms with E-state index in [1.165, 1.54) is 0 Å². The highest BCUT2D eigenvalue weighted by atomic mass is 19.1. The van der Waals surface area contributed by atoms with Crippen LogP contribution >= 0.6 is 0 Å². The van der Waals surface area contributed by atoms with Gasteiger partial charge in [-0.05, 0) is 32.2 Å². The standard InChI is InChI=1S/C13H21FN2O/c14-13(8-4-2-1-3-5-9-13)12(17)16-11-7-6-10-15/h1-4,6-8,10-11,15H2,(H,16,17). The van der Waals surface area contributed by atoms with Crippen molar-refractivity contribution in [1.29, 1.82) is 0 Å². The van der Waals surface area contributed by atoms with Gasteiger partial charge in [-0.15, -0.1) is 0 Å². The Labute approximate surface area is 102 Å². The summed E-state index contributed by atoms with van der Waals surface area (Å²) < 4.78 is 14.3. The Morgan fingerprint density at radius 3 is 2.94 bits per heavy atom. The van der Waals surface area contributed by atoms with Crippen LogP contribution in [0.3, 0.4) is 0 Å². The van der Waals surface area contributed by atoms with Crippen LogP contribution in [0.5, 0.6) is 0 Å². The number of carbonyl (C=O) groups is 1. The number of halogens is 1. The van der Waals surface area contributed by atoms with Crippen molar-refractivity contribution in [2.45, 2.75) is 50.6 Å². The van der Waals surface area contributed by atoms with E-state index in [2.05, 4.69) is 17.2 Å². The summed E-state index contributed by atoms with van der Waals surface area (Å²) in [5.74, 6) is 4.66. The molecule has 17 heavy (non-hydrogen) atoms. The number of amides is 1. The summed E-state index contributed by atoms with van der Waals surface area (Å²) in [5.41, 5.74) is 3.36. The summed E-state index contributed by atoms with van der Waals surface area (Å²) in [6, 6.07) is 0. The van der Waals surface area contributed by atoms with E-state index >= 15 is 0 Å². The molecule has 4 heteroatoms. The number of nitrogens with one attached hydrogen (secondary N) is 1. The van der Waals surface area contributed by atoms with Crippen LogP contribution in [0, 0.1) is 11.8 Å². The first-order valence-corrected chi connectivity index (χ1v) is 6.36. The number of rotatable bonds is 5. The highest BCUT2D eigenvalue weighted by Gasteiger charge is 2.36. The lowest BCUT2D eigenvalue weighted by Crippen LogP contribution is -2.43. The molecular weight excluding hydrogens is 219 g/mol. The van der Waals surface area contributed by atoms with Crippen LogP contribution < -0.4 is 11.1 Å². The average molecular weight is 240 g/mol. The molecule has 96 valence electrons. The average Bonchev–Trinajstić information content (AvgIpc) is 2.29. The number of unbranched alkanes of at least 4 members (excludes halogenated alkanes) is 1. The van der Waals surface area contributed by atoms with Crippen molar-refractivity contribution in [3.63, 3.8) is 0 Å². The molecule has 0 aromatic heterocycles. The fraction of sp³-hybridized carbons (Fsp3) is 0.769. The molecule has 0 aliphatic heterocycles. The van der Waals surface area contributed by atoms with Gasteiger partial charge in [-0.1, -0.05) is 18.3 Å². The van der Waals surface area contributed by atoms with E-state index < -0.39 is 11.6 Å². The molecule has 1 unspecified atom stereocenters. The number of carbonyl (C=O) groups excluding carboxylic acids is 1. The molecule has 1 aliphatic rings. The number of nitrogens with two attached hydrogens (primary N) is 1. The van der Waals surface area contributed by atoms with E-state index in [4.69, 9.17) is 5.73 Å². The second-order valence-electron chi connectivity index (χ2n) is 4.42. The lowest BCUT2D eigenvalue weighted by atomic mass is 9.94. The zero-order chi connectivity index (χ0) is 12.6. The molecule has 0 bridgehead atoms. The second kappa shape index (κ2) is 7.29. The number of hydrogen-bond donors (Lipinski definition) is 2. The normalized spacial score (nSPS) is 24.1. The van der Waals surface area contributed by atoms with Gasteiger partial charge >= 0.3 is 0 Å². The van der Waals surface area contributed by atoms with Crippen LogP contribution in [0.1, 0.15) is 44.9 Å². The maximum atomic E-state index is 14.3. The molecule has 0 saturated carbocycles. The van der Waals surface area contributed by atoms with E-state index in [0.717, 1.165) is 32.1 Å². The van der Waals surface area contributed by atoms with Crippen LogP contribution in [-0.2, 0) is 4.79 Å². The van der Waals surface area contributed by atoms with E-state index in [1.54, 1.807) is 0 Å². The molecular formula is C13H21FN2O. The summed E-state index contributed by atoms with van der Waals surface area (Å²) in [7, 11) is 0. The van der Waals surface area contributed by atoms with Crippen molar-refractivity contribution in [2.75, 3.05) is 13.1 Å². The molecule has 0 aromatic rings. The van der Waals surface area contributed by atoms with Gasteiger partial charge in [-0.3, -0.25) is 4.79 Å². The third-order valence-electron chi connectivity index (χ3n) is 2.89. The summed E-state index contributed by atoms with van der Waals surface area (Å²) in [4.78, 5) is 11.7. The highest BCUT2D eigenvalue weighted by molar-refractivity contribution is 5.88. The van der Waals surface area contributed by atoms with Gasteiger partial charge in [0, 0.05) is 19.4 Å². The van der Waals surface area contributed by atoms with Gasteiger partial charge in [-0.25, -0.2) is 4.39 Å². The van der Waals surface area contributed by atoms with E-state index in [-0.39, 0.29) is 6.42 Å². The first-order chi connectivity index (χ1) is 8.19. The fourth-order valence-corrected chi connectivity index (χ4v) is 1.81. The Kier molecular flexibility index (Phi) is 5.99. The Balaban J connectivity index is 2.46. The molecule has 1 amide bonds. The van der Waals surface area contributed by atoms with Gasteiger partial charge < -0.3 is 11.1 Å². The summed E-state index contributed by atoms with van der Waals surface area (Å²) in [6.07, 6.45) is 5.19. The molecule has 3 nitrogen and oxygen atoms in total. The van der Waals surface area contributed by atoms with Crippen LogP contribution in [0.4, 0.5) is 4.39 Å². The van der Waals surface area contributed by atoms with Crippen molar-refractivity contribution in [2.24, 2.45) is 5.73 Å². The van der Waals surface area contributed by atoms with Crippen LogP contribution in [0.2, 0.25) is 0 Å². The molecule has 1 atom stereocenters. The van der Waals surface area contributed by atoms with Crippen molar-refractivity contribution in [1.82, 2.24) is 5.32 Å². The maximum Gasteiger partial charge on any atom is 0.270 e. The van der Waals surface area contributed by atoms with Gasteiger partial charge in [0.1, 0.15) is 0 Å². The lowest BCUT2D eigenvalue weighted by Gasteiger charge is -2.19. The fourth-order valence-electron chi connectivity index (χ4n) is 1.81. The number of alkyl halides is 1. The Morgan fingerprint density at radius 1 is 1.35 bits per heavy atom. The SMILES string of the molecule is NCCCCNC(=O)C1(F)C#CCCCCC1. The molecule has 0 radical (unpaired) electrons. The second-order valence-corrected chi connectivity index (χ2v) is 4.42. The van der Waals surface area contributed by atoms with Crippen LogP contribution in [0.25, 0.3) is 0 Å². The van der Waals surface area contributed by atoms with E-state index in [1.807, 2.05) is 0 Å². The highest BCUT2D eigenvalue weighted by Crippen LogP contribution is 2.22. The van der Waals surface area contributed by atoms with Crippen molar-refractivity contribution < 1.29 is 9.18 Å². The smallest absolute Gasteiger partial charge is 0.270 e. The van der Waals surface area contributed by atoms with Crippen molar-refractivity contribution in [3.8, 4) is 11.8 Å². The summed E-state index contributed by atoms with van der Waals surface area (Å²) >= 11 is 0. The Hall–Kier alpha value is -1.08. The molecule has 0 saturated heterocycles. The largest absolute Gasteiger partial charge is 0.352 e. The third-order valence-corrected chi connectivity index (χ3v) is 2.89. The molecule has 3 N–H and O–H groups in total. The Morgan fingerprint density at radius 2 is 2.18 bits per heavy atom. The number of hydrogen-bond acceptors (Lipinski definition) is 2. The molecule has 0 aromatic carbocycles. The summed E-state index contributed by atoms with van der Waals surface area (Å²) in [6.45, 7) is 1.07. The van der Waals surface area contributed by atoms with Gasteiger partial charge in [0.2, 0.25) is 5.67 Å². The lowest BCUT2D eigenvalue weighted by molar-refractivity contribution is -0.129. The van der Waals surface area contributed by atoms with Gasteiger partial charge in [0.15, 0.2) is 0 Å². The van der Waals surface area contributed by atoms with Crippen LogP contribution in [-0.4, -0.2) is 24.7 Å². The molecule has 0 spiro atoms. The van der Waals surface area contributed by atoms with Crippen LogP contribution in [0.15, 0.2) is 0 Å². The van der Waals surface area contributed by atoms with E-state index in [0.29, 0.717) is 19.5 Å². The van der Waals surface area contributed by atoms with Gasteiger partial charge in [0.25, 0.3) is 5.91 Å². The minimum Gasteiger partial charge on any atom is -0.352 e. The molecule has 0 heterocycles. The first-order valence-electron chi connectivity index (χ1n) is 6.36. The van der Waals surface area contributed by atoms with Gasteiger partial charge in [0.05, 0.1) is 0 Å². The predicted octanol–water partition coefficient (Wildman–Crippen LogP) is 1.52. The molecule has 0 fully saturated rings. The molecule has 1 rings (SSSR count). The maximum absolute atomic E-state index is 14.3. The zero-order valence-electron chi connectivity index (χ0n) is 10.2. The zero-order valence-corrected chi connectivity index (χ0v) is 10.2. The van der Waals surface area contributed by atoms with Gasteiger partial charge in [-0.2, -0.15) is 0 Å². The molecule has 1 aliphatic carbocycles. The Bertz CT molecular complexity index is 308. The van der Waals surface area contributed by atoms with Crippen molar-refractivity contribution in [3.05, 3.63) is 0 Å². The third kappa shape index (κ3) is 4.74. The van der Waals surface area contributed by atoms with Crippen molar-refractivity contribution >= 4 is 5.91 Å². The van der Waals surface area contributed by atoms with E-state index in [9.17, 15) is 9.18 Å².